The fourth-order valence-electron chi connectivity index (χ4n) is 2.55. The second kappa shape index (κ2) is 4.28. The number of fused-ring (bicyclic) bond motifs is 3. The standard InChI is InChI=1S/C13H16O7/c1-5(2)10(14)17-8-6-7(16-11(8)15)9-12(18-6)20-13(3,4)19-9/h6-9,12H,1H2,2-4H3/t6?,7-,8-,9-,12-/m0/s1. The summed E-state index contributed by atoms with van der Waals surface area (Å²) in [7, 11) is 0. The molecule has 0 saturated carbocycles. The molecule has 3 aliphatic rings. The minimum atomic E-state index is -1.11. The van der Waals surface area contributed by atoms with Crippen LogP contribution < -0.4 is 0 Å². The smallest absolute Gasteiger partial charge is 0.350 e. The van der Waals surface area contributed by atoms with Gasteiger partial charge in [-0.25, -0.2) is 9.59 Å². The Labute approximate surface area is 115 Å². The second-order valence-corrected chi connectivity index (χ2v) is 5.58. The molecule has 3 heterocycles. The highest BCUT2D eigenvalue weighted by Gasteiger charge is 2.64. The average Bonchev–Trinajstić information content (AvgIpc) is 2.88. The molecule has 0 aromatic rings. The Morgan fingerprint density at radius 2 is 1.95 bits per heavy atom. The molecule has 0 spiro atoms. The van der Waals surface area contributed by atoms with Gasteiger partial charge in [0.25, 0.3) is 0 Å². The molecule has 0 N–H and O–H groups in total. The summed E-state index contributed by atoms with van der Waals surface area (Å²) >= 11 is 0. The van der Waals surface area contributed by atoms with Crippen LogP contribution in [0.25, 0.3) is 0 Å². The maximum absolute atomic E-state index is 11.8. The highest BCUT2D eigenvalue weighted by atomic mass is 16.8. The zero-order chi connectivity index (χ0) is 14.7. The van der Waals surface area contributed by atoms with Crippen LogP contribution in [0.1, 0.15) is 20.8 Å². The van der Waals surface area contributed by atoms with Gasteiger partial charge >= 0.3 is 11.9 Å². The van der Waals surface area contributed by atoms with Gasteiger partial charge in [0.1, 0.15) is 6.10 Å². The van der Waals surface area contributed by atoms with Gasteiger partial charge in [-0.1, -0.05) is 6.58 Å². The Kier molecular flexibility index (Phi) is 2.89. The predicted molar refractivity (Wildman–Crippen MR) is 63.3 cm³/mol. The highest BCUT2D eigenvalue weighted by molar-refractivity contribution is 5.90. The molecular formula is C13H16O7. The zero-order valence-electron chi connectivity index (χ0n) is 11.5. The van der Waals surface area contributed by atoms with Crippen LogP contribution in [0.15, 0.2) is 12.2 Å². The largest absolute Gasteiger partial charge is 0.454 e. The summed E-state index contributed by atoms with van der Waals surface area (Å²) in [6.45, 7) is 8.46. The van der Waals surface area contributed by atoms with Crippen molar-refractivity contribution in [3.8, 4) is 0 Å². The van der Waals surface area contributed by atoms with Gasteiger partial charge in [-0.2, -0.15) is 0 Å². The summed E-state index contributed by atoms with van der Waals surface area (Å²) in [5.74, 6) is -2.09. The van der Waals surface area contributed by atoms with Crippen molar-refractivity contribution in [2.24, 2.45) is 0 Å². The molecule has 0 bridgehead atoms. The van der Waals surface area contributed by atoms with E-state index in [9.17, 15) is 9.59 Å². The molecular weight excluding hydrogens is 268 g/mol. The van der Waals surface area contributed by atoms with Crippen molar-refractivity contribution >= 4 is 11.9 Å². The molecule has 0 amide bonds. The Balaban J connectivity index is 1.74. The van der Waals surface area contributed by atoms with Crippen LogP contribution in [-0.2, 0) is 33.3 Å². The van der Waals surface area contributed by atoms with E-state index >= 15 is 0 Å². The van der Waals surface area contributed by atoms with Crippen LogP contribution in [0.2, 0.25) is 0 Å². The lowest BCUT2D eigenvalue weighted by Crippen LogP contribution is -2.37. The normalized spacial score (nSPS) is 41.0. The fourth-order valence-corrected chi connectivity index (χ4v) is 2.55. The summed E-state index contributed by atoms with van der Waals surface area (Å²) in [5.41, 5.74) is 0.202. The van der Waals surface area contributed by atoms with Crippen LogP contribution in [0.5, 0.6) is 0 Å². The Hall–Kier alpha value is -1.44. The summed E-state index contributed by atoms with van der Waals surface area (Å²) in [6, 6.07) is 0. The van der Waals surface area contributed by atoms with Crippen molar-refractivity contribution < 1.29 is 33.3 Å². The van der Waals surface area contributed by atoms with E-state index in [0.29, 0.717) is 0 Å². The van der Waals surface area contributed by atoms with E-state index in [1.54, 1.807) is 13.8 Å². The number of hydrogen-bond acceptors (Lipinski definition) is 7. The molecule has 0 radical (unpaired) electrons. The lowest BCUT2D eigenvalue weighted by atomic mass is 10.1. The van der Waals surface area contributed by atoms with E-state index in [0.717, 1.165) is 0 Å². The zero-order valence-corrected chi connectivity index (χ0v) is 11.5. The third-order valence-electron chi connectivity index (χ3n) is 3.39. The third kappa shape index (κ3) is 2.02. The molecule has 5 atom stereocenters. The number of carbonyl (C=O) groups is 2. The molecule has 7 heteroatoms. The van der Waals surface area contributed by atoms with E-state index in [4.69, 9.17) is 23.7 Å². The average molecular weight is 284 g/mol. The Morgan fingerprint density at radius 3 is 2.60 bits per heavy atom. The van der Waals surface area contributed by atoms with E-state index in [1.165, 1.54) is 6.92 Å². The topological polar surface area (TPSA) is 80.3 Å². The number of hydrogen-bond donors (Lipinski definition) is 0. The maximum atomic E-state index is 11.8. The first kappa shape index (κ1) is 13.5. The SMILES string of the molecule is C=C(C)C(=O)O[C@@H]1C(=O)O[C@H]2C1O[C@H]1OC(C)(C)O[C@H]12. The number of ether oxygens (including phenoxy) is 5. The summed E-state index contributed by atoms with van der Waals surface area (Å²) < 4.78 is 27.1. The predicted octanol–water partition coefficient (Wildman–Crippen LogP) is 0.276. The van der Waals surface area contributed by atoms with Gasteiger partial charge in [0.05, 0.1) is 0 Å². The first-order valence-corrected chi connectivity index (χ1v) is 6.36. The quantitative estimate of drug-likeness (QED) is 0.532. The fraction of sp³-hybridized carbons (Fsp3) is 0.692. The van der Waals surface area contributed by atoms with Crippen molar-refractivity contribution in [3.05, 3.63) is 12.2 Å². The molecule has 1 unspecified atom stereocenters. The van der Waals surface area contributed by atoms with Crippen molar-refractivity contribution in [3.63, 3.8) is 0 Å². The number of carbonyl (C=O) groups excluding carboxylic acids is 2. The molecule has 110 valence electrons. The van der Waals surface area contributed by atoms with E-state index in [2.05, 4.69) is 6.58 Å². The Morgan fingerprint density at radius 1 is 1.25 bits per heavy atom. The molecule has 0 aliphatic carbocycles. The van der Waals surface area contributed by atoms with Crippen molar-refractivity contribution in [2.45, 2.75) is 57.3 Å². The van der Waals surface area contributed by atoms with Crippen LogP contribution in [0.3, 0.4) is 0 Å². The second-order valence-electron chi connectivity index (χ2n) is 5.58. The van der Waals surface area contributed by atoms with Gasteiger partial charge in [-0.15, -0.1) is 0 Å². The first-order chi connectivity index (χ1) is 9.28. The molecule has 7 nitrogen and oxygen atoms in total. The van der Waals surface area contributed by atoms with E-state index in [-0.39, 0.29) is 5.57 Å². The lowest BCUT2D eigenvalue weighted by Gasteiger charge is -2.21. The lowest BCUT2D eigenvalue weighted by molar-refractivity contribution is -0.216. The number of rotatable bonds is 2. The molecule has 3 saturated heterocycles. The highest BCUT2D eigenvalue weighted by Crippen LogP contribution is 2.42. The minimum absolute atomic E-state index is 0.202. The molecule has 0 aromatic carbocycles. The molecule has 3 aliphatic heterocycles. The molecule has 3 fully saturated rings. The van der Waals surface area contributed by atoms with E-state index < -0.39 is 48.4 Å². The molecule has 20 heavy (non-hydrogen) atoms. The van der Waals surface area contributed by atoms with Crippen LogP contribution in [-0.4, -0.2) is 48.4 Å². The van der Waals surface area contributed by atoms with Gasteiger partial charge in [0.15, 0.2) is 24.3 Å². The summed E-state index contributed by atoms with van der Waals surface area (Å²) in [5, 5.41) is 0. The van der Waals surface area contributed by atoms with Gasteiger partial charge in [0.2, 0.25) is 6.10 Å². The first-order valence-electron chi connectivity index (χ1n) is 6.36. The van der Waals surface area contributed by atoms with Crippen LogP contribution >= 0.6 is 0 Å². The summed E-state index contributed by atoms with van der Waals surface area (Å²) in [4.78, 5) is 23.3. The third-order valence-corrected chi connectivity index (χ3v) is 3.39. The van der Waals surface area contributed by atoms with Gasteiger partial charge < -0.3 is 23.7 Å². The number of esters is 2. The van der Waals surface area contributed by atoms with Crippen LogP contribution in [0.4, 0.5) is 0 Å². The van der Waals surface area contributed by atoms with Gasteiger partial charge in [-0.05, 0) is 20.8 Å². The van der Waals surface area contributed by atoms with Crippen molar-refractivity contribution in [1.29, 1.82) is 0 Å². The van der Waals surface area contributed by atoms with Crippen LogP contribution in [0, 0.1) is 0 Å². The van der Waals surface area contributed by atoms with Crippen molar-refractivity contribution in [1.82, 2.24) is 0 Å². The Bertz CT molecular complexity index is 483. The van der Waals surface area contributed by atoms with E-state index in [1.807, 2.05) is 0 Å². The molecule has 3 rings (SSSR count). The van der Waals surface area contributed by atoms with Gasteiger partial charge in [-0.3, -0.25) is 0 Å². The molecule has 0 aromatic heterocycles. The summed E-state index contributed by atoms with van der Waals surface area (Å²) in [6.07, 6.45) is -3.58. The monoisotopic (exact) mass is 284 g/mol. The van der Waals surface area contributed by atoms with Crippen molar-refractivity contribution in [2.75, 3.05) is 0 Å². The minimum Gasteiger partial charge on any atom is -0.454 e. The maximum Gasteiger partial charge on any atom is 0.350 e. The van der Waals surface area contributed by atoms with Gasteiger partial charge in [0, 0.05) is 5.57 Å².